The number of nitrogens with one attached hydrogen (secondary N) is 2. The number of fused-ring (bicyclic) bond motifs is 3. The molecule has 3 aliphatic heterocycles. The summed E-state index contributed by atoms with van der Waals surface area (Å²) in [6.07, 6.45) is -4.21. The monoisotopic (exact) mass is 732 g/mol. The van der Waals surface area contributed by atoms with Gasteiger partial charge in [-0.1, -0.05) is 11.6 Å². The Morgan fingerprint density at radius 1 is 1.10 bits per heavy atom. The van der Waals surface area contributed by atoms with Crippen molar-refractivity contribution in [2.75, 3.05) is 49.5 Å². The zero-order valence-corrected chi connectivity index (χ0v) is 28.1. The van der Waals surface area contributed by atoms with Gasteiger partial charge in [-0.25, -0.2) is 0 Å². The van der Waals surface area contributed by atoms with E-state index in [1.54, 1.807) is 11.8 Å². The minimum absolute atomic E-state index is 0.0368. The van der Waals surface area contributed by atoms with Crippen LogP contribution in [0.25, 0.3) is 5.78 Å². The van der Waals surface area contributed by atoms with Crippen LogP contribution >= 0.6 is 11.6 Å². The van der Waals surface area contributed by atoms with Crippen LogP contribution in [0.3, 0.4) is 0 Å². The number of alkyl halides is 3. The second-order valence-corrected chi connectivity index (χ2v) is 13.1. The first-order chi connectivity index (χ1) is 24.2. The maximum absolute atomic E-state index is 14.3. The van der Waals surface area contributed by atoms with Crippen LogP contribution in [0, 0.1) is 6.92 Å². The van der Waals surface area contributed by atoms with Crippen molar-refractivity contribution in [2.45, 2.75) is 51.6 Å². The number of likely N-dealkylation sites (tertiary alicyclic amines) is 1. The lowest BCUT2D eigenvalue weighted by atomic mass is 9.85. The molecule has 1 spiro atoms. The molecular weight excluding hydrogens is 701 g/mol. The van der Waals surface area contributed by atoms with Gasteiger partial charge in [-0.15, -0.1) is 5.10 Å². The van der Waals surface area contributed by atoms with Crippen LogP contribution in [0.2, 0.25) is 5.02 Å². The van der Waals surface area contributed by atoms with E-state index in [0.717, 1.165) is 16.6 Å². The van der Waals surface area contributed by atoms with E-state index < -0.39 is 41.3 Å². The van der Waals surface area contributed by atoms with Crippen molar-refractivity contribution in [1.29, 1.82) is 0 Å². The van der Waals surface area contributed by atoms with Gasteiger partial charge in [-0.2, -0.15) is 27.8 Å². The maximum Gasteiger partial charge on any atom is 0.416 e. The lowest BCUT2D eigenvalue weighted by Gasteiger charge is -2.38. The number of H-pyrrole nitrogens is 1. The summed E-state index contributed by atoms with van der Waals surface area (Å²) in [7, 11) is 0. The van der Waals surface area contributed by atoms with E-state index in [1.165, 1.54) is 16.4 Å². The molecule has 3 amide bonds. The quantitative estimate of drug-likeness (QED) is 0.275. The Hall–Kier alpha value is -5.17. The van der Waals surface area contributed by atoms with Crippen molar-refractivity contribution in [3.8, 4) is 5.75 Å². The van der Waals surface area contributed by atoms with Crippen LogP contribution in [0.5, 0.6) is 5.75 Å². The second-order valence-electron chi connectivity index (χ2n) is 12.7. The van der Waals surface area contributed by atoms with E-state index in [1.807, 2.05) is 4.90 Å². The molecule has 0 atom stereocenters. The summed E-state index contributed by atoms with van der Waals surface area (Å²) < 4.78 is 48.5. The zero-order chi connectivity index (χ0) is 36.4. The molecule has 6 heterocycles. The third-order valence-corrected chi connectivity index (χ3v) is 9.96. The van der Waals surface area contributed by atoms with Crippen LogP contribution < -0.4 is 15.8 Å². The number of anilines is 2. The molecule has 2 fully saturated rings. The van der Waals surface area contributed by atoms with Gasteiger partial charge >= 0.3 is 6.18 Å². The van der Waals surface area contributed by atoms with E-state index >= 15 is 0 Å². The Balaban J connectivity index is 1.23. The standard InChI is InChI=1S/C31H32ClF3N10O6/c1-16-25(48)24(39-38-16)27(50)42-7-5-30(6-8-42)23-21(15-51-30)44(14-22(47)36-20-4-3-18(13-19(20)32)31(33,34)35)29-37-28(40-45(29)26(23)49)43-11-9-41(10-12-43)17(2)46/h3-4,13,48H,5-12,14-15H2,1-2H3,(H,36,47)(H,38,39). The average molecular weight is 733 g/mol. The van der Waals surface area contributed by atoms with Crippen LogP contribution in [-0.2, 0) is 39.3 Å². The van der Waals surface area contributed by atoms with Gasteiger partial charge in [0.1, 0.15) is 17.8 Å². The number of nitrogens with zero attached hydrogens (tertiary/aromatic N) is 8. The fourth-order valence-corrected chi connectivity index (χ4v) is 7.05. The van der Waals surface area contributed by atoms with Gasteiger partial charge in [0.2, 0.25) is 23.5 Å². The molecular formula is C31H32ClF3N10O6. The number of aryl methyl sites for hydroxylation is 1. The number of benzene rings is 1. The summed E-state index contributed by atoms with van der Waals surface area (Å²) in [4.78, 5) is 62.5. The Morgan fingerprint density at radius 2 is 1.80 bits per heavy atom. The Morgan fingerprint density at radius 3 is 2.41 bits per heavy atom. The van der Waals surface area contributed by atoms with Crippen LogP contribution in [-0.4, -0.2) is 101 Å². The number of halogens is 4. The predicted molar refractivity (Wildman–Crippen MR) is 173 cm³/mol. The van der Waals surface area contributed by atoms with Gasteiger partial charge in [0, 0.05) is 46.2 Å². The minimum atomic E-state index is -4.63. The lowest BCUT2D eigenvalue weighted by molar-refractivity contribution is -0.137. The first kappa shape index (κ1) is 34.3. The Bertz CT molecular complexity index is 2130. The van der Waals surface area contributed by atoms with Crippen LogP contribution in [0.1, 0.15) is 52.8 Å². The molecule has 0 bridgehead atoms. The number of hydrogen-bond acceptors (Lipinski definition) is 10. The van der Waals surface area contributed by atoms with Crippen molar-refractivity contribution in [3.05, 3.63) is 61.8 Å². The molecule has 3 aromatic heterocycles. The summed E-state index contributed by atoms with van der Waals surface area (Å²) in [5.41, 5.74) is -1.82. The Kier molecular flexibility index (Phi) is 8.44. The number of aromatic amines is 1. The average Bonchev–Trinajstić information content (AvgIpc) is 3.80. The molecule has 0 unspecified atom stereocenters. The molecule has 4 aromatic rings. The maximum atomic E-state index is 14.3. The van der Waals surface area contributed by atoms with Gasteiger partial charge < -0.3 is 34.4 Å². The molecule has 270 valence electrons. The van der Waals surface area contributed by atoms with Crippen molar-refractivity contribution in [2.24, 2.45) is 0 Å². The van der Waals surface area contributed by atoms with E-state index in [9.17, 15) is 37.5 Å². The number of piperidine rings is 1. The summed E-state index contributed by atoms with van der Waals surface area (Å²) in [5, 5.41) is 23.5. The van der Waals surface area contributed by atoms with Crippen LogP contribution in [0.4, 0.5) is 24.8 Å². The highest BCUT2D eigenvalue weighted by molar-refractivity contribution is 6.33. The first-order valence-corrected chi connectivity index (χ1v) is 16.4. The van der Waals surface area contributed by atoms with E-state index in [4.69, 9.17) is 16.3 Å². The van der Waals surface area contributed by atoms with Crippen molar-refractivity contribution < 1.29 is 37.4 Å². The SMILES string of the molecule is CC(=O)N1CCN(c2nc3n(CC(=O)Nc4ccc(C(F)(F)F)cc4Cl)c4c(c(=O)n3n2)C2(CCN(C(=O)c3[nH]nc(C)c3O)CC2)OC4)CC1. The van der Waals surface area contributed by atoms with Crippen molar-refractivity contribution >= 4 is 46.7 Å². The number of carbonyl (C=O) groups excluding carboxylic acids is 3. The number of ether oxygens (including phenoxy) is 1. The highest BCUT2D eigenvalue weighted by Crippen LogP contribution is 2.43. The van der Waals surface area contributed by atoms with Gasteiger partial charge in [0.15, 0.2) is 11.4 Å². The van der Waals surface area contributed by atoms with Crippen molar-refractivity contribution in [1.82, 2.24) is 39.2 Å². The first-order valence-electron chi connectivity index (χ1n) is 16.0. The molecule has 16 nitrogen and oxygen atoms in total. The number of aromatic nitrogens is 6. The number of rotatable bonds is 5. The summed E-state index contributed by atoms with van der Waals surface area (Å²) in [5.74, 6) is -1.19. The highest BCUT2D eigenvalue weighted by Gasteiger charge is 2.48. The minimum Gasteiger partial charge on any atom is -0.504 e. The molecule has 3 N–H and O–H groups in total. The molecule has 0 radical (unpaired) electrons. The highest BCUT2D eigenvalue weighted by atomic mass is 35.5. The van der Waals surface area contributed by atoms with E-state index in [2.05, 4.69) is 25.6 Å². The van der Waals surface area contributed by atoms with E-state index in [0.29, 0.717) is 37.9 Å². The summed E-state index contributed by atoms with van der Waals surface area (Å²) in [6, 6.07) is 2.57. The fourth-order valence-electron chi connectivity index (χ4n) is 6.82. The molecule has 7 rings (SSSR count). The van der Waals surface area contributed by atoms with Gasteiger partial charge in [0.05, 0.1) is 34.1 Å². The second kappa shape index (κ2) is 12.6. The normalized spacial score (nSPS) is 17.3. The largest absolute Gasteiger partial charge is 0.504 e. The summed E-state index contributed by atoms with van der Waals surface area (Å²) >= 11 is 6.10. The molecule has 51 heavy (non-hydrogen) atoms. The zero-order valence-electron chi connectivity index (χ0n) is 27.4. The third-order valence-electron chi connectivity index (χ3n) is 9.65. The van der Waals surface area contributed by atoms with Crippen molar-refractivity contribution in [3.63, 3.8) is 0 Å². The molecule has 3 aliphatic rings. The van der Waals surface area contributed by atoms with Gasteiger partial charge in [-0.3, -0.25) is 24.3 Å². The molecule has 20 heteroatoms. The lowest BCUT2D eigenvalue weighted by Crippen LogP contribution is -2.48. The molecule has 1 aromatic carbocycles. The smallest absolute Gasteiger partial charge is 0.416 e. The number of carbonyl (C=O) groups is 3. The van der Waals surface area contributed by atoms with Crippen LogP contribution in [0.15, 0.2) is 23.0 Å². The summed E-state index contributed by atoms with van der Waals surface area (Å²) in [6.45, 7) is 4.52. The number of hydrogen-bond donors (Lipinski definition) is 3. The predicted octanol–water partition coefficient (Wildman–Crippen LogP) is 2.27. The number of amides is 3. The molecule has 0 aliphatic carbocycles. The third kappa shape index (κ3) is 6.02. The van der Waals surface area contributed by atoms with Gasteiger partial charge in [-0.05, 0) is 38.0 Å². The molecule has 2 saturated heterocycles. The van der Waals surface area contributed by atoms with E-state index in [-0.39, 0.29) is 83.6 Å². The number of aromatic hydroxyl groups is 1. The Labute approximate surface area is 291 Å². The van der Waals surface area contributed by atoms with Gasteiger partial charge in [0.25, 0.3) is 11.5 Å². The topological polar surface area (TPSA) is 183 Å². The number of piperazine rings is 1. The fraction of sp³-hybridized carbons (Fsp3) is 0.452. The molecule has 0 saturated carbocycles.